The summed E-state index contributed by atoms with van der Waals surface area (Å²) in [5, 5.41) is 5.67. The molecule has 0 spiro atoms. The summed E-state index contributed by atoms with van der Waals surface area (Å²) in [5.41, 5.74) is 1.14. The quantitative estimate of drug-likeness (QED) is 0.279. The number of hydrogen-bond donors (Lipinski definition) is 2. The predicted molar refractivity (Wildman–Crippen MR) is 145 cm³/mol. The van der Waals surface area contributed by atoms with Gasteiger partial charge in [0.25, 0.3) is 0 Å². The monoisotopic (exact) mass is 568 g/mol. The molecule has 0 saturated heterocycles. The van der Waals surface area contributed by atoms with Crippen molar-refractivity contribution in [3.63, 3.8) is 0 Å². The smallest absolute Gasteiger partial charge is 0.341 e. The number of Topliss-reactive ketones (excluding diaryl/α,β-unsaturated/α-hetero) is 2. The summed E-state index contributed by atoms with van der Waals surface area (Å²) in [7, 11) is 0. The number of anilines is 2. The first-order valence-electron chi connectivity index (χ1n) is 11.2. The number of hydrogen-bond acceptors (Lipinski definition) is 11. The molecule has 2 heterocycles. The second-order valence-corrected chi connectivity index (χ2v) is 10.7. The molecule has 0 aliphatic heterocycles. The summed E-state index contributed by atoms with van der Waals surface area (Å²) < 4.78 is 10.1. The Hall–Kier alpha value is -3.03. The van der Waals surface area contributed by atoms with Crippen molar-refractivity contribution in [3.8, 4) is 0 Å². The average Bonchev–Trinajstić information content (AvgIpc) is 3.30. The second-order valence-electron chi connectivity index (χ2n) is 7.66. The standard InChI is InChI=1S/C24H28N2O8S3/c1-7-33-23(31)17-11(3)19(13(5)27)36-21(17)25-15(29)9-35-10-16(30)26-22-18(24(32)34-8-2)12(4)20(37-22)14(6)28/h7-10H2,1-6H3,(H,25,29)(H,26,30). The Morgan fingerprint density at radius 3 is 1.35 bits per heavy atom. The fourth-order valence-electron chi connectivity index (χ4n) is 3.33. The molecule has 10 nitrogen and oxygen atoms in total. The van der Waals surface area contributed by atoms with Crippen LogP contribution < -0.4 is 10.6 Å². The molecule has 2 amide bonds. The van der Waals surface area contributed by atoms with Crippen LogP contribution in [0.4, 0.5) is 10.0 Å². The number of carbonyl (C=O) groups excluding carboxylic acids is 6. The van der Waals surface area contributed by atoms with Crippen LogP contribution in [0.2, 0.25) is 0 Å². The van der Waals surface area contributed by atoms with E-state index in [1.165, 1.54) is 13.8 Å². The summed E-state index contributed by atoms with van der Waals surface area (Å²) in [6.07, 6.45) is 0. The molecule has 0 bridgehead atoms. The summed E-state index contributed by atoms with van der Waals surface area (Å²) >= 11 is 2.99. The predicted octanol–water partition coefficient (Wildman–Crippen LogP) is 4.50. The second kappa shape index (κ2) is 13.5. The Morgan fingerprint density at radius 1 is 0.703 bits per heavy atom. The van der Waals surface area contributed by atoms with Crippen LogP contribution in [0.15, 0.2) is 0 Å². The van der Waals surface area contributed by atoms with Gasteiger partial charge in [0.1, 0.15) is 10.0 Å². The zero-order valence-electron chi connectivity index (χ0n) is 21.3. The zero-order valence-corrected chi connectivity index (χ0v) is 23.8. The minimum Gasteiger partial charge on any atom is -0.462 e. The van der Waals surface area contributed by atoms with Crippen LogP contribution in [-0.4, -0.2) is 60.0 Å². The molecule has 0 fully saturated rings. The highest BCUT2D eigenvalue weighted by Crippen LogP contribution is 2.35. The fourth-order valence-corrected chi connectivity index (χ4v) is 6.16. The van der Waals surface area contributed by atoms with E-state index in [2.05, 4.69) is 10.6 Å². The molecule has 0 aliphatic rings. The Kier molecular flexibility index (Phi) is 11.0. The summed E-state index contributed by atoms with van der Waals surface area (Å²) in [6, 6.07) is 0. The lowest BCUT2D eigenvalue weighted by Gasteiger charge is -2.08. The van der Waals surface area contributed by atoms with E-state index in [0.29, 0.717) is 20.9 Å². The molecule has 13 heteroatoms. The van der Waals surface area contributed by atoms with Gasteiger partial charge in [0.05, 0.1) is 45.6 Å². The van der Waals surface area contributed by atoms with E-state index in [9.17, 15) is 28.8 Å². The average molecular weight is 569 g/mol. The molecule has 0 saturated carbocycles. The van der Waals surface area contributed by atoms with Crippen molar-refractivity contribution in [1.29, 1.82) is 0 Å². The number of ether oxygens (including phenoxy) is 2. The minimum atomic E-state index is -0.639. The molecule has 0 unspecified atom stereocenters. The topological polar surface area (TPSA) is 145 Å². The van der Waals surface area contributed by atoms with Gasteiger partial charge < -0.3 is 20.1 Å². The SMILES string of the molecule is CCOC(=O)c1c(NC(=O)CSCC(=O)Nc2sc(C(C)=O)c(C)c2C(=O)OCC)sc(C(C)=O)c1C. The molecule has 0 aromatic carbocycles. The highest BCUT2D eigenvalue weighted by Gasteiger charge is 2.26. The van der Waals surface area contributed by atoms with Crippen molar-refractivity contribution in [2.75, 3.05) is 35.4 Å². The van der Waals surface area contributed by atoms with Gasteiger partial charge in [-0.1, -0.05) is 0 Å². The van der Waals surface area contributed by atoms with Crippen molar-refractivity contribution in [3.05, 3.63) is 32.0 Å². The highest BCUT2D eigenvalue weighted by atomic mass is 32.2. The van der Waals surface area contributed by atoms with Crippen LogP contribution in [0.1, 0.15) is 78.9 Å². The molecule has 2 aromatic heterocycles. The Bertz CT molecular complexity index is 1150. The van der Waals surface area contributed by atoms with Gasteiger partial charge in [-0.3, -0.25) is 19.2 Å². The van der Waals surface area contributed by atoms with Gasteiger partial charge in [-0.15, -0.1) is 34.4 Å². The molecule has 0 atom stereocenters. The number of carbonyl (C=O) groups is 6. The number of thioether (sulfide) groups is 1. The third kappa shape index (κ3) is 7.49. The Morgan fingerprint density at radius 2 is 1.05 bits per heavy atom. The van der Waals surface area contributed by atoms with Crippen molar-refractivity contribution < 1.29 is 38.2 Å². The first kappa shape index (κ1) is 30.2. The molecule has 2 rings (SSSR count). The maximum absolute atomic E-state index is 12.5. The van der Waals surface area contributed by atoms with Crippen molar-refractivity contribution in [1.82, 2.24) is 0 Å². The van der Waals surface area contributed by atoms with E-state index in [1.54, 1.807) is 27.7 Å². The lowest BCUT2D eigenvalue weighted by molar-refractivity contribution is -0.114. The van der Waals surface area contributed by atoms with Crippen molar-refractivity contribution in [2.45, 2.75) is 41.5 Å². The number of rotatable bonds is 12. The van der Waals surface area contributed by atoms with Gasteiger partial charge in [0.15, 0.2) is 11.6 Å². The summed E-state index contributed by atoms with van der Waals surface area (Å²) in [4.78, 5) is 74.3. The first-order chi connectivity index (χ1) is 17.4. The van der Waals surface area contributed by atoms with Gasteiger partial charge in [0.2, 0.25) is 11.8 Å². The number of amides is 2. The van der Waals surface area contributed by atoms with Gasteiger partial charge in [-0.2, -0.15) is 0 Å². The van der Waals surface area contributed by atoms with E-state index in [1.807, 2.05) is 0 Å². The minimum absolute atomic E-state index is 0.116. The molecular formula is C24H28N2O8S3. The number of ketones is 2. The van der Waals surface area contributed by atoms with Crippen molar-refractivity contribution >= 4 is 79.8 Å². The number of nitrogens with one attached hydrogen (secondary N) is 2. The van der Waals surface area contributed by atoms with Crippen LogP contribution in [-0.2, 0) is 19.1 Å². The maximum atomic E-state index is 12.5. The third-order valence-electron chi connectivity index (χ3n) is 4.86. The fraction of sp³-hybridized carbons (Fsp3) is 0.417. The van der Waals surface area contributed by atoms with E-state index in [-0.39, 0.29) is 57.4 Å². The van der Waals surface area contributed by atoms with E-state index < -0.39 is 23.8 Å². The van der Waals surface area contributed by atoms with Crippen molar-refractivity contribution in [2.24, 2.45) is 0 Å². The van der Waals surface area contributed by atoms with E-state index >= 15 is 0 Å². The number of thiophene rings is 2. The lowest BCUT2D eigenvalue weighted by atomic mass is 10.1. The summed E-state index contributed by atoms with van der Waals surface area (Å²) in [5.74, 6) is -2.93. The van der Waals surface area contributed by atoms with Crippen LogP contribution in [0.3, 0.4) is 0 Å². The normalized spacial score (nSPS) is 10.5. The van der Waals surface area contributed by atoms with Crippen LogP contribution in [0, 0.1) is 13.8 Å². The van der Waals surface area contributed by atoms with Gasteiger partial charge >= 0.3 is 11.9 Å². The lowest BCUT2D eigenvalue weighted by Crippen LogP contribution is -2.20. The van der Waals surface area contributed by atoms with E-state index in [0.717, 1.165) is 34.4 Å². The number of esters is 2. The maximum Gasteiger partial charge on any atom is 0.341 e. The Balaban J connectivity index is 2.06. The third-order valence-corrected chi connectivity index (χ3v) is 8.41. The van der Waals surface area contributed by atoms with Gasteiger partial charge in [-0.25, -0.2) is 9.59 Å². The first-order valence-corrected chi connectivity index (χ1v) is 14.0. The Labute approximate surface area is 226 Å². The molecule has 0 radical (unpaired) electrons. The van der Waals surface area contributed by atoms with Crippen LogP contribution >= 0.6 is 34.4 Å². The molecule has 2 aromatic rings. The van der Waals surface area contributed by atoms with Crippen LogP contribution in [0.5, 0.6) is 0 Å². The molecule has 2 N–H and O–H groups in total. The highest BCUT2D eigenvalue weighted by molar-refractivity contribution is 8.00. The van der Waals surface area contributed by atoms with Gasteiger partial charge in [0, 0.05) is 0 Å². The molecule has 37 heavy (non-hydrogen) atoms. The largest absolute Gasteiger partial charge is 0.462 e. The summed E-state index contributed by atoms with van der Waals surface area (Å²) in [6.45, 7) is 9.55. The van der Waals surface area contributed by atoms with Gasteiger partial charge in [-0.05, 0) is 52.7 Å². The van der Waals surface area contributed by atoms with Crippen LogP contribution in [0.25, 0.3) is 0 Å². The zero-order chi connectivity index (χ0) is 27.9. The molecule has 200 valence electrons. The van der Waals surface area contributed by atoms with E-state index in [4.69, 9.17) is 9.47 Å². The molecular weight excluding hydrogens is 540 g/mol. The molecule has 0 aliphatic carbocycles.